The van der Waals surface area contributed by atoms with Crippen LogP contribution in [0.5, 0.6) is 0 Å². The van der Waals surface area contributed by atoms with Crippen LogP contribution in [0.25, 0.3) is 11.5 Å². The Kier molecular flexibility index (Phi) is 6.15. The molecule has 0 amide bonds. The van der Waals surface area contributed by atoms with E-state index in [2.05, 4.69) is 21.6 Å². The maximum absolute atomic E-state index is 12.9. The Morgan fingerprint density at radius 3 is 2.75 bits per heavy atom. The topological polar surface area (TPSA) is 76.3 Å². The Morgan fingerprint density at radius 1 is 1.11 bits per heavy atom. The molecule has 0 N–H and O–H groups in total. The first-order valence-corrected chi connectivity index (χ1v) is 12.5. The predicted octanol–water partition coefficient (Wildman–Crippen LogP) is 4.31. The number of aromatic nitrogens is 2. The van der Waals surface area contributed by atoms with Gasteiger partial charge in [-0.1, -0.05) is 30.3 Å². The van der Waals surface area contributed by atoms with Crippen LogP contribution in [0, 0.1) is 0 Å². The quantitative estimate of drug-likeness (QED) is 0.515. The monoisotopic (exact) mass is 435 g/mol. The highest BCUT2D eigenvalue weighted by Crippen LogP contribution is 2.27. The van der Waals surface area contributed by atoms with Crippen LogP contribution in [0.1, 0.15) is 24.1 Å². The first-order chi connectivity index (χ1) is 13.6. The van der Waals surface area contributed by atoms with E-state index in [1.807, 2.05) is 6.07 Å². The fourth-order valence-corrected chi connectivity index (χ4v) is 6.26. The second-order valence-electron chi connectivity index (χ2n) is 6.54. The molecule has 4 rings (SSSR count). The number of aryl methyl sites for hydroxylation is 1. The molecule has 1 aliphatic rings. The van der Waals surface area contributed by atoms with Crippen LogP contribution in [0.3, 0.4) is 0 Å². The van der Waals surface area contributed by atoms with Crippen molar-refractivity contribution in [3.05, 3.63) is 46.7 Å². The minimum Gasteiger partial charge on any atom is -0.411 e. The number of rotatable bonds is 7. The van der Waals surface area contributed by atoms with Gasteiger partial charge in [-0.2, -0.15) is 4.31 Å². The molecule has 0 saturated carbocycles. The molecule has 1 aliphatic heterocycles. The van der Waals surface area contributed by atoms with Gasteiger partial charge in [0.15, 0.2) is 0 Å². The predicted molar refractivity (Wildman–Crippen MR) is 111 cm³/mol. The molecule has 2 aromatic heterocycles. The van der Waals surface area contributed by atoms with Gasteiger partial charge in [0.25, 0.3) is 5.22 Å². The fourth-order valence-electron chi connectivity index (χ4n) is 3.12. The lowest BCUT2D eigenvalue weighted by Crippen LogP contribution is -2.35. The summed E-state index contributed by atoms with van der Waals surface area (Å²) in [6, 6.07) is 10.9. The smallest absolute Gasteiger partial charge is 0.276 e. The van der Waals surface area contributed by atoms with Crippen molar-refractivity contribution in [2.75, 3.05) is 18.8 Å². The van der Waals surface area contributed by atoms with Gasteiger partial charge in [-0.3, -0.25) is 0 Å². The van der Waals surface area contributed by atoms with Crippen molar-refractivity contribution in [3.63, 3.8) is 0 Å². The van der Waals surface area contributed by atoms with E-state index in [0.717, 1.165) is 31.4 Å². The largest absolute Gasteiger partial charge is 0.411 e. The summed E-state index contributed by atoms with van der Waals surface area (Å²) in [7, 11) is -3.49. The Labute approximate surface area is 173 Å². The van der Waals surface area contributed by atoms with Gasteiger partial charge >= 0.3 is 0 Å². The molecule has 148 valence electrons. The van der Waals surface area contributed by atoms with Gasteiger partial charge in [0, 0.05) is 29.3 Å². The highest BCUT2D eigenvalue weighted by atomic mass is 32.2. The van der Waals surface area contributed by atoms with Crippen molar-refractivity contribution >= 4 is 33.1 Å². The number of thioether (sulfide) groups is 1. The fraction of sp³-hybridized carbons (Fsp3) is 0.368. The Hall–Kier alpha value is -1.68. The summed E-state index contributed by atoms with van der Waals surface area (Å²) in [4.78, 5) is 1.60. The molecular weight excluding hydrogens is 414 g/mol. The molecule has 0 unspecified atom stereocenters. The Balaban J connectivity index is 1.46. The first kappa shape index (κ1) is 19.6. The van der Waals surface area contributed by atoms with E-state index in [9.17, 15) is 8.42 Å². The van der Waals surface area contributed by atoms with Gasteiger partial charge in [0.1, 0.15) is 0 Å². The molecule has 1 fully saturated rings. The van der Waals surface area contributed by atoms with Crippen molar-refractivity contribution in [1.82, 2.24) is 14.5 Å². The maximum atomic E-state index is 12.9. The normalized spacial score (nSPS) is 15.7. The van der Waals surface area contributed by atoms with Crippen LogP contribution >= 0.6 is 23.1 Å². The van der Waals surface area contributed by atoms with Crippen LogP contribution in [0.2, 0.25) is 0 Å². The molecule has 0 bridgehead atoms. The molecule has 0 radical (unpaired) electrons. The van der Waals surface area contributed by atoms with Gasteiger partial charge in [-0.05, 0) is 48.9 Å². The van der Waals surface area contributed by atoms with Crippen LogP contribution in [-0.4, -0.2) is 41.8 Å². The number of thiophene rings is 1. The minimum atomic E-state index is -3.49. The standard InChI is InChI=1S/C19H21N3O3S3/c23-28(24,22-10-2-1-3-11-22)17-8-4-6-15(14-17)18-20-21-19(25-18)27-13-9-16-7-5-12-26-16/h4-8,12,14H,1-3,9-11,13H2. The summed E-state index contributed by atoms with van der Waals surface area (Å²) in [6.07, 6.45) is 3.86. The average Bonchev–Trinajstić information content (AvgIpc) is 3.41. The molecule has 0 aliphatic carbocycles. The van der Waals surface area contributed by atoms with Gasteiger partial charge < -0.3 is 4.42 Å². The zero-order chi connectivity index (χ0) is 19.4. The molecule has 9 heteroatoms. The highest BCUT2D eigenvalue weighted by Gasteiger charge is 2.26. The Bertz CT molecular complexity index is 1010. The van der Waals surface area contributed by atoms with Crippen LogP contribution in [-0.2, 0) is 16.4 Å². The van der Waals surface area contributed by atoms with Crippen molar-refractivity contribution in [2.45, 2.75) is 35.8 Å². The third-order valence-corrected chi connectivity index (χ3v) is 8.25. The zero-order valence-electron chi connectivity index (χ0n) is 15.3. The second kappa shape index (κ2) is 8.77. The molecular formula is C19H21N3O3S3. The summed E-state index contributed by atoms with van der Waals surface area (Å²) in [5, 5.41) is 10.7. The van der Waals surface area contributed by atoms with Gasteiger partial charge in [0.05, 0.1) is 4.90 Å². The number of sulfonamides is 1. The summed E-state index contributed by atoms with van der Waals surface area (Å²) in [5.41, 5.74) is 0.621. The van der Waals surface area contributed by atoms with Crippen LogP contribution < -0.4 is 0 Å². The van der Waals surface area contributed by atoms with Crippen molar-refractivity contribution in [2.24, 2.45) is 0 Å². The number of nitrogens with zero attached hydrogens (tertiary/aromatic N) is 3. The molecule has 3 heterocycles. The third kappa shape index (κ3) is 4.48. The zero-order valence-corrected chi connectivity index (χ0v) is 17.7. The molecule has 0 atom stereocenters. The lowest BCUT2D eigenvalue weighted by atomic mass is 10.2. The van der Waals surface area contributed by atoms with Crippen LogP contribution in [0.15, 0.2) is 56.3 Å². The molecule has 28 heavy (non-hydrogen) atoms. The molecule has 1 saturated heterocycles. The van der Waals surface area contributed by atoms with Gasteiger partial charge in [-0.15, -0.1) is 21.5 Å². The van der Waals surface area contributed by atoms with Crippen molar-refractivity contribution < 1.29 is 12.8 Å². The Morgan fingerprint density at radius 2 is 1.96 bits per heavy atom. The summed E-state index contributed by atoms with van der Waals surface area (Å²) in [6.45, 7) is 1.16. The lowest BCUT2D eigenvalue weighted by molar-refractivity contribution is 0.346. The van der Waals surface area contributed by atoms with E-state index in [-0.39, 0.29) is 4.90 Å². The van der Waals surface area contributed by atoms with Crippen LogP contribution in [0.4, 0.5) is 0 Å². The molecule has 6 nitrogen and oxygen atoms in total. The van der Waals surface area contributed by atoms with Crippen molar-refractivity contribution in [1.29, 1.82) is 0 Å². The summed E-state index contributed by atoms with van der Waals surface area (Å²) in [5.74, 6) is 1.19. The van der Waals surface area contributed by atoms with Crippen molar-refractivity contribution in [3.8, 4) is 11.5 Å². The van der Waals surface area contributed by atoms with E-state index in [0.29, 0.717) is 29.8 Å². The van der Waals surface area contributed by atoms with Gasteiger partial charge in [-0.25, -0.2) is 8.42 Å². The second-order valence-corrected chi connectivity index (χ2v) is 10.6. The van der Waals surface area contributed by atoms with E-state index in [1.54, 1.807) is 39.9 Å². The summed E-state index contributed by atoms with van der Waals surface area (Å²) >= 11 is 3.24. The number of benzene rings is 1. The molecule has 3 aromatic rings. The van der Waals surface area contributed by atoms with E-state index in [4.69, 9.17) is 4.42 Å². The van der Waals surface area contributed by atoms with E-state index in [1.165, 1.54) is 16.6 Å². The number of hydrogen-bond donors (Lipinski definition) is 0. The first-order valence-electron chi connectivity index (χ1n) is 9.22. The molecule has 0 spiro atoms. The maximum Gasteiger partial charge on any atom is 0.276 e. The number of hydrogen-bond acceptors (Lipinski definition) is 7. The molecule has 1 aromatic carbocycles. The SMILES string of the molecule is O=S(=O)(c1cccc(-c2nnc(SCCc3cccs3)o2)c1)N1CCCCC1. The highest BCUT2D eigenvalue weighted by molar-refractivity contribution is 7.99. The van der Waals surface area contributed by atoms with Gasteiger partial charge in [0.2, 0.25) is 15.9 Å². The average molecular weight is 436 g/mol. The number of piperidine rings is 1. The lowest BCUT2D eigenvalue weighted by Gasteiger charge is -2.25. The van der Waals surface area contributed by atoms with E-state index < -0.39 is 10.0 Å². The third-order valence-electron chi connectivity index (χ3n) is 4.59. The summed E-state index contributed by atoms with van der Waals surface area (Å²) < 4.78 is 33.1. The minimum absolute atomic E-state index is 0.275. The van der Waals surface area contributed by atoms with E-state index >= 15 is 0 Å².